The van der Waals surface area contributed by atoms with E-state index in [0.717, 1.165) is 16.3 Å². The molecule has 0 saturated heterocycles. The smallest absolute Gasteiger partial charge is 0.226 e. The Balaban J connectivity index is 1.84. The van der Waals surface area contributed by atoms with Crippen LogP contribution in [-0.4, -0.2) is 19.9 Å². The highest BCUT2D eigenvalue weighted by Crippen LogP contribution is 2.22. The van der Waals surface area contributed by atoms with E-state index >= 15 is 0 Å². The molecule has 3 rings (SSSR count). The standard InChI is InChI=1S/C13H8Cl2N4S/c14-12-17-10(18-13(15)19-12)6-11-16-9(7-20-11)8-4-2-1-3-5-8/h1-5,7H,6H2. The van der Waals surface area contributed by atoms with Crippen LogP contribution in [0.2, 0.25) is 10.6 Å². The SMILES string of the molecule is Clc1nc(Cl)nc(Cc2nc(-c3ccccc3)cs2)n1. The monoisotopic (exact) mass is 322 g/mol. The molecule has 2 heterocycles. The van der Waals surface area contributed by atoms with Crippen LogP contribution in [0.5, 0.6) is 0 Å². The van der Waals surface area contributed by atoms with Crippen molar-refractivity contribution in [2.75, 3.05) is 0 Å². The summed E-state index contributed by atoms with van der Waals surface area (Å²) in [6.45, 7) is 0. The molecule has 0 saturated carbocycles. The van der Waals surface area contributed by atoms with Gasteiger partial charge >= 0.3 is 0 Å². The first kappa shape index (κ1) is 13.4. The van der Waals surface area contributed by atoms with E-state index in [9.17, 15) is 0 Å². The largest absolute Gasteiger partial charge is 0.241 e. The van der Waals surface area contributed by atoms with Crippen molar-refractivity contribution in [3.63, 3.8) is 0 Å². The normalized spacial score (nSPS) is 10.7. The quantitative estimate of drug-likeness (QED) is 0.734. The molecule has 100 valence electrons. The zero-order valence-corrected chi connectivity index (χ0v) is 12.5. The summed E-state index contributed by atoms with van der Waals surface area (Å²) in [4.78, 5) is 16.4. The Kier molecular flexibility index (Phi) is 3.91. The minimum Gasteiger partial charge on any atom is -0.241 e. The Morgan fingerprint density at radius 2 is 1.60 bits per heavy atom. The van der Waals surface area contributed by atoms with Crippen LogP contribution in [0.1, 0.15) is 10.8 Å². The number of aromatic nitrogens is 4. The maximum atomic E-state index is 5.75. The highest BCUT2D eigenvalue weighted by atomic mass is 35.5. The third kappa shape index (κ3) is 3.12. The lowest BCUT2D eigenvalue weighted by atomic mass is 10.2. The Hall–Kier alpha value is -1.56. The van der Waals surface area contributed by atoms with E-state index in [4.69, 9.17) is 23.2 Å². The Labute approximate surface area is 129 Å². The van der Waals surface area contributed by atoms with E-state index in [1.807, 2.05) is 35.7 Å². The molecule has 4 nitrogen and oxygen atoms in total. The van der Waals surface area contributed by atoms with Gasteiger partial charge < -0.3 is 0 Å². The van der Waals surface area contributed by atoms with E-state index in [-0.39, 0.29) is 10.6 Å². The molecule has 0 aliphatic rings. The van der Waals surface area contributed by atoms with Crippen molar-refractivity contribution in [3.8, 4) is 11.3 Å². The summed E-state index contributed by atoms with van der Waals surface area (Å²) < 4.78 is 0. The number of hydrogen-bond acceptors (Lipinski definition) is 5. The molecular formula is C13H8Cl2N4S. The van der Waals surface area contributed by atoms with E-state index in [2.05, 4.69) is 19.9 Å². The summed E-state index contributed by atoms with van der Waals surface area (Å²) in [7, 11) is 0. The van der Waals surface area contributed by atoms with Gasteiger partial charge in [-0.3, -0.25) is 0 Å². The van der Waals surface area contributed by atoms with Gasteiger partial charge in [-0.25, -0.2) is 15.0 Å². The third-order valence-corrected chi connectivity index (χ3v) is 3.74. The summed E-state index contributed by atoms with van der Waals surface area (Å²) >= 11 is 13.1. The first-order valence-electron chi connectivity index (χ1n) is 5.76. The lowest BCUT2D eigenvalue weighted by molar-refractivity contribution is 0.913. The second-order valence-corrected chi connectivity index (χ2v) is 5.58. The van der Waals surface area contributed by atoms with Crippen molar-refractivity contribution in [1.29, 1.82) is 0 Å². The van der Waals surface area contributed by atoms with Crippen molar-refractivity contribution < 1.29 is 0 Å². The van der Waals surface area contributed by atoms with Gasteiger partial charge in [-0.2, -0.15) is 4.98 Å². The van der Waals surface area contributed by atoms with Crippen molar-refractivity contribution in [1.82, 2.24) is 19.9 Å². The van der Waals surface area contributed by atoms with Gasteiger partial charge in [-0.05, 0) is 23.2 Å². The lowest BCUT2D eigenvalue weighted by Crippen LogP contribution is -1.99. The van der Waals surface area contributed by atoms with E-state index < -0.39 is 0 Å². The molecule has 0 unspecified atom stereocenters. The van der Waals surface area contributed by atoms with Gasteiger partial charge in [0.2, 0.25) is 10.6 Å². The number of halogens is 2. The molecule has 3 aromatic rings. The molecule has 7 heteroatoms. The third-order valence-electron chi connectivity index (χ3n) is 2.56. The highest BCUT2D eigenvalue weighted by Gasteiger charge is 2.09. The van der Waals surface area contributed by atoms with Crippen molar-refractivity contribution in [3.05, 3.63) is 57.1 Å². The van der Waals surface area contributed by atoms with Gasteiger partial charge in [0, 0.05) is 10.9 Å². The Bertz CT molecular complexity index is 710. The zero-order valence-electron chi connectivity index (χ0n) is 10.1. The van der Waals surface area contributed by atoms with Crippen LogP contribution >= 0.6 is 34.5 Å². The summed E-state index contributed by atoms with van der Waals surface area (Å²) in [5, 5.41) is 3.11. The van der Waals surface area contributed by atoms with Gasteiger partial charge in [0.25, 0.3) is 0 Å². The Morgan fingerprint density at radius 1 is 0.900 bits per heavy atom. The first-order valence-corrected chi connectivity index (χ1v) is 7.40. The topological polar surface area (TPSA) is 51.6 Å². The van der Waals surface area contributed by atoms with E-state index in [1.54, 1.807) is 11.3 Å². The lowest BCUT2D eigenvalue weighted by Gasteiger charge is -1.98. The summed E-state index contributed by atoms with van der Waals surface area (Å²) in [6.07, 6.45) is 0.486. The zero-order chi connectivity index (χ0) is 13.9. The van der Waals surface area contributed by atoms with Gasteiger partial charge in [0.05, 0.1) is 12.1 Å². The fourth-order valence-electron chi connectivity index (χ4n) is 1.71. The van der Waals surface area contributed by atoms with Gasteiger partial charge in [-0.15, -0.1) is 11.3 Å². The van der Waals surface area contributed by atoms with E-state index in [0.29, 0.717) is 12.2 Å². The number of benzene rings is 1. The molecule has 0 spiro atoms. The molecule has 0 fully saturated rings. The predicted octanol–water partition coefficient (Wildman–Crippen LogP) is 3.89. The fourth-order valence-corrected chi connectivity index (χ4v) is 2.91. The molecule has 1 aromatic carbocycles. The van der Waals surface area contributed by atoms with Crippen molar-refractivity contribution in [2.24, 2.45) is 0 Å². The summed E-state index contributed by atoms with van der Waals surface area (Å²) in [5.41, 5.74) is 2.03. The van der Waals surface area contributed by atoms with Gasteiger partial charge in [-0.1, -0.05) is 30.3 Å². The molecule has 0 aliphatic heterocycles. The number of hydrogen-bond donors (Lipinski definition) is 0. The number of rotatable bonds is 3. The molecular weight excluding hydrogens is 315 g/mol. The van der Waals surface area contributed by atoms with E-state index in [1.165, 1.54) is 0 Å². The van der Waals surface area contributed by atoms with Crippen LogP contribution in [0.3, 0.4) is 0 Å². The van der Waals surface area contributed by atoms with Crippen molar-refractivity contribution in [2.45, 2.75) is 6.42 Å². The molecule has 0 atom stereocenters. The van der Waals surface area contributed by atoms with Gasteiger partial charge in [0.1, 0.15) is 10.8 Å². The predicted molar refractivity (Wildman–Crippen MR) is 80.2 cm³/mol. The van der Waals surface area contributed by atoms with Crippen LogP contribution in [0.15, 0.2) is 35.7 Å². The maximum Gasteiger partial charge on any atom is 0.226 e. The molecule has 0 amide bonds. The highest BCUT2D eigenvalue weighted by molar-refractivity contribution is 7.10. The minimum absolute atomic E-state index is 0.0971. The minimum atomic E-state index is 0.0971. The summed E-state index contributed by atoms with van der Waals surface area (Å²) in [6, 6.07) is 10.00. The van der Waals surface area contributed by atoms with Crippen LogP contribution in [-0.2, 0) is 6.42 Å². The van der Waals surface area contributed by atoms with Crippen LogP contribution < -0.4 is 0 Å². The summed E-state index contributed by atoms with van der Waals surface area (Å²) in [5.74, 6) is 0.518. The second kappa shape index (κ2) is 5.83. The maximum absolute atomic E-state index is 5.75. The second-order valence-electron chi connectivity index (χ2n) is 3.96. The molecule has 0 radical (unpaired) electrons. The van der Waals surface area contributed by atoms with Gasteiger partial charge in [0.15, 0.2) is 0 Å². The Morgan fingerprint density at radius 3 is 2.30 bits per heavy atom. The molecule has 0 aliphatic carbocycles. The molecule has 0 bridgehead atoms. The first-order chi connectivity index (χ1) is 9.70. The average Bonchev–Trinajstić information content (AvgIpc) is 2.87. The number of nitrogens with zero attached hydrogens (tertiary/aromatic N) is 4. The van der Waals surface area contributed by atoms with Crippen LogP contribution in [0, 0.1) is 0 Å². The fraction of sp³-hybridized carbons (Fsp3) is 0.0769. The van der Waals surface area contributed by atoms with Crippen LogP contribution in [0.25, 0.3) is 11.3 Å². The number of thiazole rings is 1. The van der Waals surface area contributed by atoms with Crippen molar-refractivity contribution >= 4 is 34.5 Å². The molecule has 2 aromatic heterocycles. The van der Waals surface area contributed by atoms with Crippen LogP contribution in [0.4, 0.5) is 0 Å². The molecule has 0 N–H and O–H groups in total. The molecule has 20 heavy (non-hydrogen) atoms. The average molecular weight is 323 g/mol.